The highest BCUT2D eigenvalue weighted by atomic mass is 16.5. The molecule has 1 aliphatic rings. The van der Waals surface area contributed by atoms with Gasteiger partial charge in [-0.25, -0.2) is 0 Å². The zero-order chi connectivity index (χ0) is 22.2. The summed E-state index contributed by atoms with van der Waals surface area (Å²) in [7, 11) is 0. The van der Waals surface area contributed by atoms with Crippen molar-refractivity contribution in [2.24, 2.45) is 0 Å². The van der Waals surface area contributed by atoms with Crippen molar-refractivity contribution in [2.45, 2.75) is 38.8 Å². The molecule has 0 aliphatic carbocycles. The molecule has 0 saturated carbocycles. The Morgan fingerprint density at radius 2 is 1.72 bits per heavy atom. The number of ether oxygens (including phenoxy) is 1. The summed E-state index contributed by atoms with van der Waals surface area (Å²) in [5.41, 5.74) is 1.99. The van der Waals surface area contributed by atoms with E-state index in [1.807, 2.05) is 24.3 Å². The summed E-state index contributed by atoms with van der Waals surface area (Å²) < 4.78 is 5.90. The number of rotatable bonds is 11. The van der Waals surface area contributed by atoms with Crippen LogP contribution >= 0.6 is 0 Å². The molecule has 4 rings (SSSR count). The Balaban J connectivity index is 1.20. The Morgan fingerprint density at radius 1 is 0.938 bits per heavy atom. The van der Waals surface area contributed by atoms with Crippen molar-refractivity contribution >= 4 is 11.4 Å². The van der Waals surface area contributed by atoms with Gasteiger partial charge < -0.3 is 15.4 Å². The molecule has 168 valence electrons. The first-order chi connectivity index (χ1) is 15.7. The van der Waals surface area contributed by atoms with Crippen molar-refractivity contribution in [2.75, 3.05) is 36.9 Å². The Hall–Kier alpha value is -3.19. The average molecular weight is 435 g/mol. The Morgan fingerprint density at radius 3 is 2.50 bits per heavy atom. The van der Waals surface area contributed by atoms with E-state index in [0.29, 0.717) is 31.1 Å². The van der Waals surface area contributed by atoms with Gasteiger partial charge in [0.25, 0.3) is 10.9 Å². The zero-order valence-electron chi connectivity index (χ0n) is 18.3. The molecule has 0 bridgehead atoms. The Bertz CT molecular complexity index is 1070. The second kappa shape index (κ2) is 10.9. The largest absolute Gasteiger partial charge is 0.494 e. The second-order valence-corrected chi connectivity index (χ2v) is 8.24. The molecule has 7 nitrogen and oxygen atoms in total. The first-order valence-electron chi connectivity index (χ1n) is 11.3. The van der Waals surface area contributed by atoms with E-state index in [-0.39, 0.29) is 0 Å². The van der Waals surface area contributed by atoms with Gasteiger partial charge in [0.15, 0.2) is 0 Å². The third-order valence-electron chi connectivity index (χ3n) is 5.75. The van der Waals surface area contributed by atoms with Crippen molar-refractivity contribution in [3.05, 3.63) is 80.4 Å². The third kappa shape index (κ3) is 5.73. The molecule has 0 amide bonds. The number of benzene rings is 1. The van der Waals surface area contributed by atoms with Crippen LogP contribution < -0.4 is 26.2 Å². The van der Waals surface area contributed by atoms with Crippen LogP contribution in [0.1, 0.15) is 36.8 Å². The smallest absolute Gasteiger partial charge is 0.253 e. The highest BCUT2D eigenvalue weighted by Gasteiger charge is 2.20. The molecular formula is C25H30N4O3. The van der Waals surface area contributed by atoms with Gasteiger partial charge in [-0.15, -0.1) is 0 Å². The molecule has 32 heavy (non-hydrogen) atoms. The lowest BCUT2D eigenvalue weighted by Gasteiger charge is -2.26. The summed E-state index contributed by atoms with van der Waals surface area (Å²) in [5.74, 6) is 0.868. The van der Waals surface area contributed by atoms with Gasteiger partial charge in [-0.2, -0.15) is 0 Å². The summed E-state index contributed by atoms with van der Waals surface area (Å²) in [5, 5.41) is 6.13. The van der Waals surface area contributed by atoms with Crippen LogP contribution in [-0.4, -0.2) is 36.1 Å². The number of likely N-dealkylation sites (tertiary alicyclic amines) is 1. The van der Waals surface area contributed by atoms with Crippen LogP contribution in [0.15, 0.2) is 58.4 Å². The van der Waals surface area contributed by atoms with Crippen LogP contribution in [0, 0.1) is 0 Å². The summed E-state index contributed by atoms with van der Waals surface area (Å²) in [6.45, 7) is 4.86. The number of nitrogens with one attached hydrogen (secondary N) is 2. The minimum atomic E-state index is -0.474. The Kier molecular flexibility index (Phi) is 7.51. The second-order valence-electron chi connectivity index (χ2n) is 8.24. The van der Waals surface area contributed by atoms with Crippen LogP contribution in [0.2, 0.25) is 0 Å². The number of hydrogen-bond donors (Lipinski definition) is 2. The molecule has 0 unspecified atom stereocenters. The van der Waals surface area contributed by atoms with Gasteiger partial charge in [-0.3, -0.25) is 19.5 Å². The summed E-state index contributed by atoms with van der Waals surface area (Å²) in [6, 6.07) is 12.0. The van der Waals surface area contributed by atoms with Crippen LogP contribution in [-0.2, 0) is 13.1 Å². The molecule has 2 N–H and O–H groups in total. The normalized spacial score (nSPS) is 14.4. The predicted octanol–water partition coefficient (Wildman–Crippen LogP) is 3.16. The lowest BCUT2D eigenvalue weighted by molar-refractivity contribution is 0.220. The van der Waals surface area contributed by atoms with Gasteiger partial charge in [-0.05, 0) is 61.7 Å². The molecule has 7 heteroatoms. The molecule has 0 atom stereocenters. The molecule has 0 spiro atoms. The van der Waals surface area contributed by atoms with E-state index in [9.17, 15) is 9.59 Å². The fourth-order valence-electron chi connectivity index (χ4n) is 4.01. The number of anilines is 2. The van der Waals surface area contributed by atoms with Crippen molar-refractivity contribution < 1.29 is 4.74 Å². The summed E-state index contributed by atoms with van der Waals surface area (Å²) in [6.07, 6.45) is 8.05. The zero-order valence-corrected chi connectivity index (χ0v) is 18.3. The molecule has 2 heterocycles. The van der Waals surface area contributed by atoms with Crippen molar-refractivity contribution in [1.82, 2.24) is 9.88 Å². The minimum Gasteiger partial charge on any atom is -0.494 e. The first kappa shape index (κ1) is 22.0. The van der Waals surface area contributed by atoms with E-state index in [2.05, 4.69) is 32.7 Å². The van der Waals surface area contributed by atoms with E-state index in [1.165, 1.54) is 37.9 Å². The van der Waals surface area contributed by atoms with Gasteiger partial charge >= 0.3 is 0 Å². The quantitative estimate of drug-likeness (QED) is 0.354. The maximum absolute atomic E-state index is 11.9. The van der Waals surface area contributed by atoms with Crippen LogP contribution in [0.25, 0.3) is 0 Å². The predicted molar refractivity (Wildman–Crippen MR) is 127 cm³/mol. The molecule has 3 aromatic rings. The third-order valence-corrected chi connectivity index (χ3v) is 5.75. The van der Waals surface area contributed by atoms with Crippen LogP contribution in [0.4, 0.5) is 11.4 Å². The fourth-order valence-corrected chi connectivity index (χ4v) is 4.01. The lowest BCUT2D eigenvalue weighted by atomic mass is 10.1. The van der Waals surface area contributed by atoms with Gasteiger partial charge in [0.05, 0.1) is 6.61 Å². The van der Waals surface area contributed by atoms with Crippen molar-refractivity contribution in [3.63, 3.8) is 0 Å². The Labute approximate surface area is 188 Å². The standard InChI is InChI=1S/C25H30N4O3/c30-24-22(23(25(24)31)28-17-20-8-5-10-26-16-20)27-11-6-14-32-21-9-4-7-19(15-21)18-29-12-2-1-3-13-29/h4-5,7-10,15-16,27-28H,1-3,6,11-14,17-18H2. The monoisotopic (exact) mass is 434 g/mol. The molecule has 1 aliphatic heterocycles. The summed E-state index contributed by atoms with van der Waals surface area (Å²) >= 11 is 0. The highest BCUT2D eigenvalue weighted by molar-refractivity contribution is 5.73. The average Bonchev–Trinajstić information content (AvgIpc) is 2.84. The van der Waals surface area contributed by atoms with Gasteiger partial charge in [0, 0.05) is 32.0 Å². The van der Waals surface area contributed by atoms with Crippen LogP contribution in [0.5, 0.6) is 5.75 Å². The molecule has 2 aromatic carbocycles. The molecule has 1 aromatic heterocycles. The van der Waals surface area contributed by atoms with Gasteiger partial charge in [0.2, 0.25) is 0 Å². The van der Waals surface area contributed by atoms with Crippen molar-refractivity contribution in [1.29, 1.82) is 0 Å². The van der Waals surface area contributed by atoms with Crippen LogP contribution in [0.3, 0.4) is 0 Å². The van der Waals surface area contributed by atoms with Gasteiger partial charge in [-0.1, -0.05) is 24.6 Å². The topological polar surface area (TPSA) is 83.6 Å². The van der Waals surface area contributed by atoms with E-state index in [0.717, 1.165) is 24.3 Å². The van der Waals surface area contributed by atoms with E-state index in [1.54, 1.807) is 12.4 Å². The summed E-state index contributed by atoms with van der Waals surface area (Å²) in [4.78, 5) is 30.3. The highest BCUT2D eigenvalue weighted by Crippen LogP contribution is 2.18. The minimum absolute atomic E-state index is 0.352. The number of nitrogens with zero attached hydrogens (tertiary/aromatic N) is 2. The molecule has 0 radical (unpaired) electrons. The number of pyridine rings is 1. The molecule has 1 saturated heterocycles. The first-order valence-corrected chi connectivity index (χ1v) is 11.3. The molecular weight excluding hydrogens is 404 g/mol. The van der Waals surface area contributed by atoms with Crippen molar-refractivity contribution in [3.8, 4) is 5.75 Å². The number of aromatic nitrogens is 1. The maximum Gasteiger partial charge on any atom is 0.253 e. The maximum atomic E-state index is 11.9. The van der Waals surface area contributed by atoms with Gasteiger partial charge in [0.1, 0.15) is 17.1 Å². The van der Waals surface area contributed by atoms with E-state index >= 15 is 0 Å². The lowest BCUT2D eigenvalue weighted by Crippen LogP contribution is -2.37. The fraction of sp³-hybridized carbons (Fsp3) is 0.400. The SMILES string of the molecule is O=c1c(NCCCOc2cccc(CN3CCCCC3)c2)c(NCc2cccnc2)c1=O. The molecule has 1 fully saturated rings. The van der Waals surface area contributed by atoms with E-state index < -0.39 is 10.9 Å². The van der Waals surface area contributed by atoms with E-state index in [4.69, 9.17) is 4.74 Å². The number of hydrogen-bond acceptors (Lipinski definition) is 7. The number of piperidine rings is 1.